The molecule has 2 aliphatic heterocycles. The van der Waals surface area contributed by atoms with E-state index in [9.17, 15) is 0 Å². The second-order valence-corrected chi connectivity index (χ2v) is 16.5. The molecule has 0 bridgehead atoms. The molecular weight excluding hydrogens is 505 g/mol. The van der Waals surface area contributed by atoms with Crippen LogP contribution in [0.5, 0.6) is 0 Å². The van der Waals surface area contributed by atoms with Gasteiger partial charge in [-0.15, -0.1) is 0 Å². The number of nitrogens with zero attached hydrogens (tertiary/aromatic N) is 1. The highest BCUT2D eigenvalue weighted by atomic mass is 15.2. The van der Waals surface area contributed by atoms with Crippen molar-refractivity contribution in [2.45, 2.75) is 105 Å². The third kappa shape index (κ3) is 4.36. The summed E-state index contributed by atoms with van der Waals surface area (Å²) >= 11 is 0. The lowest BCUT2D eigenvalue weighted by atomic mass is 9.29. The Kier molecular flexibility index (Phi) is 6.26. The molecule has 0 spiro atoms. The minimum Gasteiger partial charge on any atom is -0.312 e. The van der Waals surface area contributed by atoms with Crippen molar-refractivity contribution in [1.82, 2.24) is 0 Å². The van der Waals surface area contributed by atoms with Gasteiger partial charge in [0.15, 0.2) is 0 Å². The smallest absolute Gasteiger partial charge is 0.247 e. The van der Waals surface area contributed by atoms with Crippen molar-refractivity contribution in [1.29, 1.82) is 0 Å². The van der Waals surface area contributed by atoms with Crippen LogP contribution >= 0.6 is 0 Å². The van der Waals surface area contributed by atoms with Gasteiger partial charge in [-0.2, -0.15) is 0 Å². The minimum absolute atomic E-state index is 0.0280. The summed E-state index contributed by atoms with van der Waals surface area (Å²) in [6.07, 6.45) is 0. The molecule has 216 valence electrons. The Hall–Kier alpha value is -3.26. The van der Waals surface area contributed by atoms with E-state index in [0.717, 1.165) is 0 Å². The van der Waals surface area contributed by atoms with Crippen LogP contribution in [0.2, 0.25) is 0 Å². The van der Waals surface area contributed by atoms with Crippen LogP contribution in [0.25, 0.3) is 0 Å². The summed E-state index contributed by atoms with van der Waals surface area (Å²) in [5.41, 5.74) is 16.8. The fourth-order valence-corrected chi connectivity index (χ4v) is 7.44. The lowest BCUT2D eigenvalue weighted by molar-refractivity contribution is 0.552. The van der Waals surface area contributed by atoms with Crippen molar-refractivity contribution >= 4 is 40.2 Å². The van der Waals surface area contributed by atoms with Crippen LogP contribution in [0.3, 0.4) is 0 Å². The average molecular weight is 554 g/mol. The number of benzene rings is 4. The summed E-state index contributed by atoms with van der Waals surface area (Å²) in [5, 5.41) is 0. The molecule has 0 atom stereocenters. The number of aryl methyl sites for hydroxylation is 1. The number of hydrogen-bond acceptors (Lipinski definition) is 1. The molecular formula is C40H48BN. The van der Waals surface area contributed by atoms with E-state index in [2.05, 4.69) is 161 Å². The Labute approximate surface area is 255 Å². The van der Waals surface area contributed by atoms with Crippen molar-refractivity contribution in [2.75, 3.05) is 4.90 Å². The molecule has 0 radical (unpaired) electrons. The first-order valence-electron chi connectivity index (χ1n) is 15.7. The molecule has 0 saturated carbocycles. The second kappa shape index (κ2) is 9.12. The highest BCUT2D eigenvalue weighted by molar-refractivity contribution is 6.99. The lowest BCUT2D eigenvalue weighted by Gasteiger charge is -2.48. The Bertz CT molecular complexity index is 1700. The molecule has 0 aromatic heterocycles. The SMILES string of the molecule is Cc1ccc2c(c1)C(C)(C)c1c(C(C)(C)C)ccc3c1B2c1cc(C(C)(C)C)ccc1N3c1ccc(C(C)(C)C)cc1. The molecule has 0 fully saturated rings. The van der Waals surface area contributed by atoms with E-state index in [1.54, 1.807) is 0 Å². The fourth-order valence-electron chi connectivity index (χ4n) is 7.44. The van der Waals surface area contributed by atoms with Crippen LogP contribution in [0.4, 0.5) is 17.1 Å². The van der Waals surface area contributed by atoms with E-state index in [0.29, 0.717) is 0 Å². The summed E-state index contributed by atoms with van der Waals surface area (Å²) in [6.45, 7) is 28.3. The van der Waals surface area contributed by atoms with Gasteiger partial charge in [-0.1, -0.05) is 136 Å². The first-order chi connectivity index (χ1) is 19.4. The standard InChI is InChI=1S/C40H48BN/c1-25-13-20-31-30(23-25)40(11,12)35-29(39(8,9)10)19-22-34-36(35)41(31)32-24-27(38(5,6)7)16-21-33(32)42(34)28-17-14-26(15-18-28)37(2,3)4/h13-24H,1-12H3. The van der Waals surface area contributed by atoms with Crippen LogP contribution in [0.1, 0.15) is 110 Å². The normalized spacial score (nSPS) is 15.7. The van der Waals surface area contributed by atoms with Gasteiger partial charge in [0.2, 0.25) is 6.71 Å². The maximum absolute atomic E-state index is 2.55. The molecule has 0 amide bonds. The molecule has 6 rings (SSSR count). The lowest BCUT2D eigenvalue weighted by Crippen LogP contribution is -2.64. The predicted molar refractivity (Wildman–Crippen MR) is 185 cm³/mol. The number of anilines is 3. The Morgan fingerprint density at radius 2 is 1.19 bits per heavy atom. The third-order valence-electron chi connectivity index (χ3n) is 9.82. The molecule has 2 heterocycles. The van der Waals surface area contributed by atoms with Gasteiger partial charge in [0.05, 0.1) is 0 Å². The van der Waals surface area contributed by atoms with E-state index in [1.807, 2.05) is 0 Å². The Morgan fingerprint density at radius 1 is 0.595 bits per heavy atom. The first-order valence-corrected chi connectivity index (χ1v) is 15.7. The molecule has 4 aromatic carbocycles. The summed E-state index contributed by atoms with van der Waals surface area (Å²) in [6, 6.07) is 28.6. The largest absolute Gasteiger partial charge is 0.312 e. The highest BCUT2D eigenvalue weighted by Crippen LogP contribution is 2.46. The van der Waals surface area contributed by atoms with Crippen molar-refractivity contribution in [3.8, 4) is 0 Å². The maximum atomic E-state index is 2.55. The number of fused-ring (bicyclic) bond motifs is 4. The molecule has 1 nitrogen and oxygen atoms in total. The van der Waals surface area contributed by atoms with Crippen LogP contribution in [-0.4, -0.2) is 6.71 Å². The molecule has 2 aliphatic rings. The van der Waals surface area contributed by atoms with Crippen LogP contribution < -0.4 is 21.3 Å². The van der Waals surface area contributed by atoms with Gasteiger partial charge in [0, 0.05) is 22.5 Å². The van der Waals surface area contributed by atoms with E-state index in [-0.39, 0.29) is 28.4 Å². The number of rotatable bonds is 1. The number of hydrogen-bond donors (Lipinski definition) is 0. The van der Waals surface area contributed by atoms with E-state index in [4.69, 9.17) is 0 Å². The zero-order valence-corrected chi connectivity index (χ0v) is 28.0. The van der Waals surface area contributed by atoms with E-state index < -0.39 is 0 Å². The van der Waals surface area contributed by atoms with Crippen LogP contribution in [-0.2, 0) is 21.7 Å². The molecule has 0 unspecified atom stereocenters. The van der Waals surface area contributed by atoms with Gasteiger partial charge in [-0.05, 0) is 86.2 Å². The topological polar surface area (TPSA) is 3.24 Å². The highest BCUT2D eigenvalue weighted by Gasteiger charge is 2.48. The zero-order valence-electron chi connectivity index (χ0n) is 28.0. The summed E-state index contributed by atoms with van der Waals surface area (Å²) in [5.74, 6) is 0. The van der Waals surface area contributed by atoms with Crippen molar-refractivity contribution in [2.24, 2.45) is 0 Å². The molecule has 0 N–H and O–H groups in total. The summed E-state index contributed by atoms with van der Waals surface area (Å²) in [4.78, 5) is 2.55. The molecule has 0 aliphatic carbocycles. The Morgan fingerprint density at radius 3 is 1.79 bits per heavy atom. The quantitative estimate of drug-likeness (QED) is 0.188. The summed E-state index contributed by atoms with van der Waals surface area (Å²) < 4.78 is 0. The molecule has 4 aromatic rings. The van der Waals surface area contributed by atoms with Gasteiger partial charge in [-0.3, -0.25) is 0 Å². The molecule has 0 saturated heterocycles. The van der Waals surface area contributed by atoms with Crippen molar-refractivity contribution in [3.63, 3.8) is 0 Å². The minimum atomic E-state index is -0.118. The van der Waals surface area contributed by atoms with Gasteiger partial charge in [0.25, 0.3) is 0 Å². The van der Waals surface area contributed by atoms with E-state index in [1.165, 1.54) is 66.8 Å². The van der Waals surface area contributed by atoms with Crippen molar-refractivity contribution < 1.29 is 0 Å². The third-order valence-corrected chi connectivity index (χ3v) is 9.82. The van der Waals surface area contributed by atoms with Gasteiger partial charge in [-0.25, -0.2) is 0 Å². The zero-order chi connectivity index (χ0) is 30.6. The molecule has 2 heteroatoms. The first kappa shape index (κ1) is 28.8. The average Bonchev–Trinajstić information content (AvgIpc) is 2.89. The second-order valence-electron chi connectivity index (χ2n) is 16.5. The van der Waals surface area contributed by atoms with Crippen LogP contribution in [0.15, 0.2) is 72.8 Å². The van der Waals surface area contributed by atoms with Crippen molar-refractivity contribution in [3.05, 3.63) is 106 Å². The predicted octanol–water partition coefficient (Wildman–Crippen LogP) is 8.83. The van der Waals surface area contributed by atoms with E-state index >= 15 is 0 Å². The molecule has 42 heavy (non-hydrogen) atoms. The van der Waals surface area contributed by atoms with Gasteiger partial charge in [0.1, 0.15) is 0 Å². The maximum Gasteiger partial charge on any atom is 0.247 e. The fraction of sp³-hybridized carbons (Fsp3) is 0.400. The summed E-state index contributed by atoms with van der Waals surface area (Å²) in [7, 11) is 0. The van der Waals surface area contributed by atoms with Crippen LogP contribution in [0, 0.1) is 6.92 Å². The Balaban J connectivity index is 1.74. The van der Waals surface area contributed by atoms with Gasteiger partial charge >= 0.3 is 0 Å². The monoisotopic (exact) mass is 553 g/mol. The van der Waals surface area contributed by atoms with Gasteiger partial charge < -0.3 is 4.90 Å².